The minimum atomic E-state index is -1.03. The zero-order chi connectivity index (χ0) is 17.1. The molecule has 0 aliphatic carbocycles. The quantitative estimate of drug-likeness (QED) is 0.791. The molecule has 0 unspecified atom stereocenters. The number of rotatable bonds is 6. The van der Waals surface area contributed by atoms with Crippen molar-refractivity contribution in [2.24, 2.45) is 0 Å². The first-order chi connectivity index (χ1) is 10.7. The Balaban J connectivity index is 1.96. The molecule has 0 atom stereocenters. The Morgan fingerprint density at radius 3 is 2.43 bits per heavy atom. The summed E-state index contributed by atoms with van der Waals surface area (Å²) in [7, 11) is -0.991. The first-order valence-corrected chi connectivity index (χ1v) is 8.22. The third-order valence-corrected chi connectivity index (χ3v) is 4.70. The lowest BCUT2D eigenvalue weighted by Gasteiger charge is -2.39. The predicted molar refractivity (Wildman–Crippen MR) is 93.9 cm³/mol. The Kier molecular flexibility index (Phi) is 5.68. The molecule has 0 spiro atoms. The Hall–Kier alpha value is -1.14. The van der Waals surface area contributed by atoms with Gasteiger partial charge in [-0.25, -0.2) is 0 Å². The van der Waals surface area contributed by atoms with Gasteiger partial charge in [0.05, 0.1) is 11.2 Å². The Morgan fingerprint density at radius 2 is 1.83 bits per heavy atom. The number of nitrogens with zero attached hydrogens (tertiary/aromatic N) is 1. The van der Waals surface area contributed by atoms with Crippen LogP contribution in [0.3, 0.4) is 0 Å². The molecule has 1 aromatic carbocycles. The Morgan fingerprint density at radius 1 is 1.17 bits per heavy atom. The van der Waals surface area contributed by atoms with E-state index >= 15 is 0 Å². The van der Waals surface area contributed by atoms with Crippen LogP contribution in [0.15, 0.2) is 41.9 Å². The minimum absolute atomic E-state index is 0.679. The number of hydrogen-bond donors (Lipinski definition) is 2. The molecule has 0 aromatic heterocycles. The fourth-order valence-corrected chi connectivity index (χ4v) is 2.49. The van der Waals surface area contributed by atoms with Crippen LogP contribution in [0.5, 0.6) is 0 Å². The summed E-state index contributed by atoms with van der Waals surface area (Å²) in [6.07, 6.45) is 2.94. The molecule has 0 bridgehead atoms. The molecule has 23 heavy (non-hydrogen) atoms. The molecule has 0 amide bonds. The van der Waals surface area contributed by atoms with Crippen molar-refractivity contribution in [3.05, 3.63) is 47.4 Å². The van der Waals surface area contributed by atoms with Crippen LogP contribution in [-0.4, -0.2) is 46.4 Å². The van der Waals surface area contributed by atoms with E-state index in [1.807, 2.05) is 24.3 Å². The average Bonchev–Trinajstić information content (AvgIpc) is 2.47. The van der Waals surface area contributed by atoms with Crippen molar-refractivity contribution < 1.29 is 14.8 Å². The third kappa shape index (κ3) is 4.92. The maximum absolute atomic E-state index is 10.4. The molecule has 2 N–H and O–H groups in total. The summed E-state index contributed by atoms with van der Waals surface area (Å²) >= 11 is 0. The number of hydrogen-bond acceptors (Lipinski definition) is 4. The molecule has 1 aliphatic rings. The molecule has 2 rings (SSSR count). The van der Waals surface area contributed by atoms with Crippen molar-refractivity contribution in [1.82, 2.24) is 4.90 Å². The fraction of sp³-hybridized carbons (Fsp3) is 0.556. The van der Waals surface area contributed by atoms with Gasteiger partial charge >= 0.3 is 7.12 Å². The Bertz CT molecular complexity index is 537. The number of aliphatic hydroxyl groups is 1. The van der Waals surface area contributed by atoms with Gasteiger partial charge in [0.1, 0.15) is 0 Å². The highest BCUT2D eigenvalue weighted by molar-refractivity contribution is 6.52. The summed E-state index contributed by atoms with van der Waals surface area (Å²) in [6.45, 7) is 9.48. The van der Waals surface area contributed by atoms with Gasteiger partial charge in [0.15, 0.2) is 0 Å². The van der Waals surface area contributed by atoms with Crippen LogP contribution < -0.4 is 0 Å². The standard InChI is InChI=1S/C18H28BNO3/c1-17(2,21)18(3,4)23-19(22)16-11-8-12-20(14-16)13-15-9-6-5-7-10-15/h5-7,9-11,21-22H,8,12-14H2,1-4H3. The molecule has 1 aromatic rings. The van der Waals surface area contributed by atoms with Crippen LogP contribution in [0.2, 0.25) is 0 Å². The first-order valence-electron chi connectivity index (χ1n) is 8.22. The van der Waals surface area contributed by atoms with Crippen LogP contribution in [0.25, 0.3) is 0 Å². The van der Waals surface area contributed by atoms with E-state index in [1.165, 1.54) is 5.56 Å². The van der Waals surface area contributed by atoms with Crippen molar-refractivity contribution in [2.75, 3.05) is 13.1 Å². The molecule has 1 aliphatic heterocycles. The van der Waals surface area contributed by atoms with Gasteiger partial charge in [0.25, 0.3) is 0 Å². The molecule has 0 saturated heterocycles. The summed E-state index contributed by atoms with van der Waals surface area (Å²) in [4.78, 5) is 2.30. The van der Waals surface area contributed by atoms with E-state index in [9.17, 15) is 10.1 Å². The molecule has 5 heteroatoms. The van der Waals surface area contributed by atoms with Gasteiger partial charge < -0.3 is 14.8 Å². The summed E-state index contributed by atoms with van der Waals surface area (Å²) in [5, 5.41) is 20.6. The van der Waals surface area contributed by atoms with Gasteiger partial charge in [-0.2, -0.15) is 0 Å². The summed E-state index contributed by atoms with van der Waals surface area (Å²) in [5.74, 6) is 0. The van der Waals surface area contributed by atoms with Crippen molar-refractivity contribution in [1.29, 1.82) is 0 Å². The zero-order valence-corrected chi connectivity index (χ0v) is 14.6. The van der Waals surface area contributed by atoms with Crippen LogP contribution in [0.4, 0.5) is 0 Å². The van der Waals surface area contributed by atoms with Crippen molar-refractivity contribution in [2.45, 2.75) is 51.9 Å². The second-order valence-corrected chi connectivity index (χ2v) is 7.30. The summed E-state index contributed by atoms with van der Waals surface area (Å²) in [6, 6.07) is 10.3. The molecule has 0 fully saturated rings. The van der Waals surface area contributed by atoms with Gasteiger partial charge in [0, 0.05) is 19.6 Å². The maximum atomic E-state index is 10.4. The van der Waals surface area contributed by atoms with Crippen molar-refractivity contribution >= 4 is 7.12 Å². The minimum Gasteiger partial charge on any atom is -0.423 e. The predicted octanol–water partition coefficient (Wildman–Crippen LogP) is 2.40. The molecule has 4 nitrogen and oxygen atoms in total. The van der Waals surface area contributed by atoms with E-state index in [-0.39, 0.29) is 0 Å². The summed E-state index contributed by atoms with van der Waals surface area (Å²) < 4.78 is 5.75. The average molecular weight is 317 g/mol. The summed E-state index contributed by atoms with van der Waals surface area (Å²) in [5.41, 5.74) is 0.257. The zero-order valence-electron chi connectivity index (χ0n) is 14.6. The largest absolute Gasteiger partial charge is 0.488 e. The highest BCUT2D eigenvalue weighted by atomic mass is 16.5. The molecular formula is C18H28BNO3. The Labute approximate surface area is 139 Å². The van der Waals surface area contributed by atoms with Crippen LogP contribution in [-0.2, 0) is 11.2 Å². The number of benzene rings is 1. The molecular weight excluding hydrogens is 289 g/mol. The second kappa shape index (κ2) is 7.18. The van der Waals surface area contributed by atoms with Gasteiger partial charge in [-0.05, 0) is 45.2 Å². The SMILES string of the molecule is CC(C)(O)C(C)(C)OB(O)C1=CCCN(Cc2ccccc2)C1. The lowest BCUT2D eigenvalue weighted by molar-refractivity contribution is -0.0990. The highest BCUT2D eigenvalue weighted by Gasteiger charge is 2.40. The maximum Gasteiger partial charge on any atom is 0.488 e. The van der Waals surface area contributed by atoms with Crippen LogP contribution in [0.1, 0.15) is 39.7 Å². The fourth-order valence-electron chi connectivity index (χ4n) is 2.49. The highest BCUT2D eigenvalue weighted by Crippen LogP contribution is 2.27. The third-order valence-electron chi connectivity index (χ3n) is 4.70. The lowest BCUT2D eigenvalue weighted by Crippen LogP contribution is -2.51. The van der Waals surface area contributed by atoms with E-state index in [0.717, 1.165) is 25.0 Å². The molecule has 126 valence electrons. The van der Waals surface area contributed by atoms with Gasteiger partial charge in [-0.1, -0.05) is 36.4 Å². The van der Waals surface area contributed by atoms with Gasteiger partial charge in [-0.15, -0.1) is 0 Å². The second-order valence-electron chi connectivity index (χ2n) is 7.30. The monoisotopic (exact) mass is 317 g/mol. The van der Waals surface area contributed by atoms with E-state index in [1.54, 1.807) is 27.7 Å². The smallest absolute Gasteiger partial charge is 0.423 e. The van der Waals surface area contributed by atoms with Crippen LogP contribution in [0, 0.1) is 0 Å². The van der Waals surface area contributed by atoms with E-state index in [4.69, 9.17) is 4.65 Å². The molecule has 0 saturated carbocycles. The van der Waals surface area contributed by atoms with E-state index in [2.05, 4.69) is 17.0 Å². The van der Waals surface area contributed by atoms with E-state index < -0.39 is 18.3 Å². The van der Waals surface area contributed by atoms with E-state index in [0.29, 0.717) is 6.54 Å². The van der Waals surface area contributed by atoms with Crippen molar-refractivity contribution in [3.63, 3.8) is 0 Å². The van der Waals surface area contributed by atoms with Crippen LogP contribution >= 0.6 is 0 Å². The topological polar surface area (TPSA) is 52.9 Å². The first kappa shape index (κ1) is 18.2. The van der Waals surface area contributed by atoms with Crippen molar-refractivity contribution in [3.8, 4) is 0 Å². The van der Waals surface area contributed by atoms with Gasteiger partial charge in [-0.3, -0.25) is 4.90 Å². The molecule has 1 heterocycles. The lowest BCUT2D eigenvalue weighted by atomic mass is 9.74. The van der Waals surface area contributed by atoms with Gasteiger partial charge in [0.2, 0.25) is 0 Å². The normalized spacial score (nSPS) is 17.0. The molecule has 0 radical (unpaired) electrons.